The summed E-state index contributed by atoms with van der Waals surface area (Å²) in [4.78, 5) is 40.9. The molecule has 0 saturated heterocycles. The van der Waals surface area contributed by atoms with Crippen LogP contribution in [0, 0.1) is 0 Å². The molecule has 1 aromatic heterocycles. The molecule has 0 aliphatic heterocycles. The van der Waals surface area contributed by atoms with Gasteiger partial charge in [0, 0.05) is 44.0 Å². The Balaban J connectivity index is 1.63. The van der Waals surface area contributed by atoms with E-state index < -0.39 is 23.8 Å². The maximum Gasteiger partial charge on any atom is 0.274 e. The van der Waals surface area contributed by atoms with E-state index in [9.17, 15) is 14.4 Å². The number of hydrogen-bond donors (Lipinski definition) is 5. The molecule has 1 heterocycles. The summed E-state index contributed by atoms with van der Waals surface area (Å²) in [5.74, 6) is -1.59. The molecule has 0 saturated carbocycles. The summed E-state index contributed by atoms with van der Waals surface area (Å²) in [7, 11) is 0. The summed E-state index contributed by atoms with van der Waals surface area (Å²) >= 11 is 3.36. The first-order valence-electron chi connectivity index (χ1n) is 9.94. The quantitative estimate of drug-likeness (QED) is 0.199. The van der Waals surface area contributed by atoms with Gasteiger partial charge in [0.05, 0.1) is 0 Å². The van der Waals surface area contributed by atoms with Crippen molar-refractivity contribution in [2.24, 2.45) is 0 Å². The Morgan fingerprint density at radius 2 is 1.48 bits per heavy atom. The number of carbonyl (C=O) groups is 3. The van der Waals surface area contributed by atoms with Crippen LogP contribution in [0.25, 0.3) is 10.9 Å². The average Bonchev–Trinajstić information content (AvgIpc) is 3.27. The molecule has 3 aromatic carbocycles. The van der Waals surface area contributed by atoms with Crippen molar-refractivity contribution in [3.05, 3.63) is 100 Å². The molecule has 0 bridgehead atoms. The number of para-hydroxylation sites is 1. The summed E-state index contributed by atoms with van der Waals surface area (Å²) in [5, 5.41) is 15.2. The minimum atomic E-state index is -0.988. The number of carbonyl (C=O) groups excluding carboxylic acids is 3. The highest BCUT2D eigenvalue weighted by Crippen LogP contribution is 2.26. The van der Waals surface area contributed by atoms with Crippen molar-refractivity contribution in [2.45, 2.75) is 6.04 Å². The highest BCUT2D eigenvalue weighted by molar-refractivity contribution is 9.10. The number of nitrogens with one attached hydrogen (secondary N) is 4. The molecular weight excluding hydrogens is 488 g/mol. The molecule has 0 fully saturated rings. The van der Waals surface area contributed by atoms with Crippen LogP contribution >= 0.6 is 15.9 Å². The van der Waals surface area contributed by atoms with Crippen LogP contribution in [0.4, 0.5) is 5.69 Å². The Labute approximate surface area is 197 Å². The smallest absolute Gasteiger partial charge is 0.274 e. The molecule has 5 N–H and O–H groups in total. The second kappa shape index (κ2) is 9.68. The second-order valence-corrected chi connectivity index (χ2v) is 8.13. The van der Waals surface area contributed by atoms with E-state index in [2.05, 4.69) is 31.5 Å². The van der Waals surface area contributed by atoms with E-state index >= 15 is 0 Å². The van der Waals surface area contributed by atoms with Crippen LogP contribution in [0.5, 0.6) is 0 Å². The van der Waals surface area contributed by atoms with Crippen LogP contribution in [-0.2, 0) is 4.79 Å². The molecule has 0 radical (unpaired) electrons. The number of benzene rings is 3. The minimum absolute atomic E-state index is 0.190. The Bertz CT molecular complexity index is 1320. The number of hydrogen-bond acceptors (Lipinski definition) is 4. The third-order valence-corrected chi connectivity index (χ3v) is 5.62. The number of anilines is 1. The second-order valence-electron chi connectivity index (χ2n) is 7.21. The topological polar surface area (TPSA) is 123 Å². The highest BCUT2D eigenvalue weighted by Gasteiger charge is 2.26. The van der Waals surface area contributed by atoms with E-state index in [1.807, 2.05) is 24.3 Å². The van der Waals surface area contributed by atoms with Gasteiger partial charge in [-0.25, -0.2) is 5.48 Å². The zero-order chi connectivity index (χ0) is 23.4. The van der Waals surface area contributed by atoms with Gasteiger partial charge in [0.1, 0.15) is 6.04 Å². The summed E-state index contributed by atoms with van der Waals surface area (Å²) in [6.45, 7) is 0. The monoisotopic (exact) mass is 506 g/mol. The Morgan fingerprint density at radius 3 is 2.15 bits per heavy atom. The molecule has 0 aliphatic rings. The molecule has 1 atom stereocenters. The van der Waals surface area contributed by atoms with Crippen molar-refractivity contribution in [3.8, 4) is 0 Å². The Hall–Kier alpha value is -3.95. The van der Waals surface area contributed by atoms with Gasteiger partial charge in [-0.05, 0) is 54.6 Å². The van der Waals surface area contributed by atoms with E-state index in [1.165, 1.54) is 24.3 Å². The number of halogens is 1. The predicted molar refractivity (Wildman–Crippen MR) is 127 cm³/mol. The summed E-state index contributed by atoms with van der Waals surface area (Å²) in [5.41, 5.74) is 4.02. The number of rotatable bonds is 6. The zero-order valence-electron chi connectivity index (χ0n) is 17.1. The fourth-order valence-corrected chi connectivity index (χ4v) is 3.68. The Morgan fingerprint density at radius 1 is 0.848 bits per heavy atom. The van der Waals surface area contributed by atoms with Gasteiger partial charge in [-0.15, -0.1) is 0 Å². The molecule has 0 aliphatic carbocycles. The largest absolute Gasteiger partial charge is 0.361 e. The van der Waals surface area contributed by atoms with Crippen LogP contribution in [-0.4, -0.2) is 27.9 Å². The third kappa shape index (κ3) is 4.94. The van der Waals surface area contributed by atoms with Crippen LogP contribution in [0.15, 0.2) is 83.5 Å². The lowest BCUT2D eigenvalue weighted by atomic mass is 10.0. The first-order valence-corrected chi connectivity index (χ1v) is 10.7. The first-order chi connectivity index (χ1) is 16.0. The van der Waals surface area contributed by atoms with Crippen molar-refractivity contribution in [1.29, 1.82) is 0 Å². The van der Waals surface area contributed by atoms with Gasteiger partial charge in [-0.2, -0.15) is 0 Å². The maximum atomic E-state index is 13.3. The van der Waals surface area contributed by atoms with Gasteiger partial charge in [-0.1, -0.05) is 34.1 Å². The van der Waals surface area contributed by atoms with Crippen molar-refractivity contribution in [1.82, 2.24) is 15.8 Å². The van der Waals surface area contributed by atoms with Gasteiger partial charge in [0.15, 0.2) is 0 Å². The van der Waals surface area contributed by atoms with E-state index in [1.54, 1.807) is 35.9 Å². The van der Waals surface area contributed by atoms with Crippen LogP contribution in [0.2, 0.25) is 0 Å². The highest BCUT2D eigenvalue weighted by atomic mass is 79.9. The summed E-state index contributed by atoms with van der Waals surface area (Å²) < 4.78 is 0.875. The molecule has 0 spiro atoms. The molecular formula is C24H19BrN4O4. The number of fused-ring (bicyclic) bond motifs is 1. The van der Waals surface area contributed by atoms with Crippen LogP contribution in [0.3, 0.4) is 0 Å². The van der Waals surface area contributed by atoms with Gasteiger partial charge in [-0.3, -0.25) is 19.6 Å². The van der Waals surface area contributed by atoms with E-state index in [-0.39, 0.29) is 11.1 Å². The van der Waals surface area contributed by atoms with Crippen LogP contribution in [0.1, 0.15) is 32.3 Å². The van der Waals surface area contributed by atoms with Crippen molar-refractivity contribution < 1.29 is 19.6 Å². The maximum absolute atomic E-state index is 13.3. The van der Waals surface area contributed by atoms with Gasteiger partial charge in [0.25, 0.3) is 17.7 Å². The number of H-pyrrole nitrogens is 1. The molecule has 0 unspecified atom stereocenters. The molecule has 3 amide bonds. The molecule has 4 aromatic rings. The Kier molecular flexibility index (Phi) is 6.53. The molecule has 166 valence electrons. The molecule has 8 nitrogen and oxygen atoms in total. The van der Waals surface area contributed by atoms with Crippen LogP contribution < -0.4 is 16.1 Å². The van der Waals surface area contributed by atoms with Crippen molar-refractivity contribution >= 4 is 50.2 Å². The fraction of sp³-hybridized carbons (Fsp3) is 0.0417. The fourth-order valence-electron chi connectivity index (χ4n) is 3.42. The lowest BCUT2D eigenvalue weighted by Gasteiger charge is -2.19. The normalized spacial score (nSPS) is 11.6. The van der Waals surface area contributed by atoms with E-state index in [0.29, 0.717) is 11.3 Å². The first kappa shape index (κ1) is 22.3. The SMILES string of the molecule is O=C(NO)c1ccc(C(=O)N[C@H](C(=O)Nc2ccc(Br)cc2)c2c[nH]c3ccccc23)cc1. The molecule has 33 heavy (non-hydrogen) atoms. The standard InChI is InChI=1S/C24H19BrN4O4/c25-16-9-11-17(12-10-16)27-24(32)21(19-13-26-20-4-2-1-3-18(19)20)28-22(30)14-5-7-15(8-6-14)23(31)29-33/h1-13,21,26,33H,(H,27,32)(H,28,30)(H,29,31)/t21-/m0/s1. The van der Waals surface area contributed by atoms with E-state index in [4.69, 9.17) is 5.21 Å². The number of amides is 3. The lowest BCUT2D eigenvalue weighted by molar-refractivity contribution is -0.118. The summed E-state index contributed by atoms with van der Waals surface area (Å²) in [6, 6.07) is 19.3. The molecule has 4 rings (SSSR count). The van der Waals surface area contributed by atoms with Gasteiger partial charge >= 0.3 is 0 Å². The van der Waals surface area contributed by atoms with Crippen molar-refractivity contribution in [3.63, 3.8) is 0 Å². The average molecular weight is 507 g/mol. The zero-order valence-corrected chi connectivity index (χ0v) is 18.7. The molecule has 9 heteroatoms. The third-order valence-electron chi connectivity index (χ3n) is 5.09. The number of aromatic nitrogens is 1. The van der Waals surface area contributed by atoms with E-state index in [0.717, 1.165) is 15.4 Å². The van der Waals surface area contributed by atoms with Gasteiger partial charge < -0.3 is 15.6 Å². The number of hydroxylamine groups is 1. The minimum Gasteiger partial charge on any atom is -0.361 e. The predicted octanol–water partition coefficient (Wildman–Crippen LogP) is 4.16. The van der Waals surface area contributed by atoms with Crippen molar-refractivity contribution in [2.75, 3.05) is 5.32 Å². The lowest BCUT2D eigenvalue weighted by Crippen LogP contribution is -2.37. The number of aromatic amines is 1. The van der Waals surface area contributed by atoms with Gasteiger partial charge in [0.2, 0.25) is 0 Å². The summed E-state index contributed by atoms with van der Waals surface area (Å²) in [6.07, 6.45) is 1.70.